The number of rotatable bonds is 1. The standard InChI is InChI=1S/C9H13NO2/c11-9(12)7-3-1-2-6-4-5-8(7)10-6/h3,6,8,10H,1-2,4-5H2,(H,11,12)/t6-,8-/m1/s1. The van der Waals surface area contributed by atoms with Gasteiger partial charge in [0.2, 0.25) is 0 Å². The highest BCUT2D eigenvalue weighted by molar-refractivity contribution is 5.88. The summed E-state index contributed by atoms with van der Waals surface area (Å²) in [6.45, 7) is 0. The molecule has 0 amide bonds. The molecule has 0 aromatic heterocycles. The lowest BCUT2D eigenvalue weighted by atomic mass is 10.0. The van der Waals surface area contributed by atoms with Crippen LogP contribution in [0.25, 0.3) is 0 Å². The van der Waals surface area contributed by atoms with Crippen molar-refractivity contribution in [2.24, 2.45) is 0 Å². The zero-order chi connectivity index (χ0) is 8.55. The molecular formula is C9H13NO2. The molecule has 1 saturated heterocycles. The molecule has 3 nitrogen and oxygen atoms in total. The lowest BCUT2D eigenvalue weighted by Crippen LogP contribution is -2.31. The molecule has 0 aliphatic carbocycles. The average molecular weight is 167 g/mol. The fourth-order valence-electron chi connectivity index (χ4n) is 2.11. The van der Waals surface area contributed by atoms with Crippen LogP contribution >= 0.6 is 0 Å². The summed E-state index contributed by atoms with van der Waals surface area (Å²) in [5, 5.41) is 12.2. The van der Waals surface area contributed by atoms with E-state index in [9.17, 15) is 4.79 Å². The minimum Gasteiger partial charge on any atom is -0.478 e. The highest BCUT2D eigenvalue weighted by Gasteiger charge is 2.30. The monoisotopic (exact) mass is 167 g/mol. The summed E-state index contributed by atoms with van der Waals surface area (Å²) in [5.74, 6) is -0.755. The van der Waals surface area contributed by atoms with Gasteiger partial charge in [0, 0.05) is 17.7 Å². The van der Waals surface area contributed by atoms with Crippen LogP contribution in [0.4, 0.5) is 0 Å². The Hall–Kier alpha value is -0.830. The number of carboxylic acid groups (broad SMARTS) is 1. The summed E-state index contributed by atoms with van der Waals surface area (Å²) in [6, 6.07) is 0.679. The summed E-state index contributed by atoms with van der Waals surface area (Å²) >= 11 is 0. The summed E-state index contributed by atoms with van der Waals surface area (Å²) in [5.41, 5.74) is 0.579. The van der Waals surface area contributed by atoms with Crippen LogP contribution in [0.2, 0.25) is 0 Å². The lowest BCUT2D eigenvalue weighted by Gasteiger charge is -2.10. The van der Waals surface area contributed by atoms with E-state index in [1.165, 1.54) is 0 Å². The quantitative estimate of drug-likeness (QED) is 0.610. The van der Waals surface area contributed by atoms with Crippen molar-refractivity contribution in [3.05, 3.63) is 11.6 Å². The van der Waals surface area contributed by atoms with E-state index >= 15 is 0 Å². The molecule has 2 heterocycles. The van der Waals surface area contributed by atoms with Crippen LogP contribution in [0.1, 0.15) is 25.7 Å². The molecular weight excluding hydrogens is 154 g/mol. The van der Waals surface area contributed by atoms with E-state index in [1.54, 1.807) is 0 Å². The van der Waals surface area contributed by atoms with Crippen LogP contribution in [0.3, 0.4) is 0 Å². The Labute approximate surface area is 71.5 Å². The maximum Gasteiger partial charge on any atom is 0.332 e. The van der Waals surface area contributed by atoms with E-state index in [1.807, 2.05) is 6.08 Å². The topological polar surface area (TPSA) is 49.3 Å². The SMILES string of the molecule is O=C(O)C1=CCC[C@@H]2CC[C@H]1N2. The van der Waals surface area contributed by atoms with Crippen molar-refractivity contribution in [1.82, 2.24) is 5.32 Å². The molecule has 3 heteroatoms. The van der Waals surface area contributed by atoms with E-state index in [0.717, 1.165) is 25.7 Å². The zero-order valence-electron chi connectivity index (χ0n) is 6.92. The van der Waals surface area contributed by atoms with Crippen LogP contribution < -0.4 is 5.32 Å². The normalized spacial score (nSPS) is 34.2. The fourth-order valence-corrected chi connectivity index (χ4v) is 2.11. The third kappa shape index (κ3) is 1.25. The summed E-state index contributed by atoms with van der Waals surface area (Å²) < 4.78 is 0. The minimum absolute atomic E-state index is 0.120. The van der Waals surface area contributed by atoms with E-state index in [-0.39, 0.29) is 6.04 Å². The molecule has 2 N–H and O–H groups in total. The Balaban J connectivity index is 2.20. The highest BCUT2D eigenvalue weighted by Crippen LogP contribution is 2.25. The molecule has 0 spiro atoms. The zero-order valence-corrected chi connectivity index (χ0v) is 6.92. The van der Waals surface area contributed by atoms with Gasteiger partial charge in [-0.1, -0.05) is 6.08 Å². The molecule has 0 radical (unpaired) electrons. The van der Waals surface area contributed by atoms with Gasteiger partial charge in [0.05, 0.1) is 0 Å². The summed E-state index contributed by atoms with van der Waals surface area (Å²) in [6.07, 6.45) is 6.00. The molecule has 66 valence electrons. The van der Waals surface area contributed by atoms with Crippen molar-refractivity contribution < 1.29 is 9.90 Å². The predicted octanol–water partition coefficient (Wildman–Crippen LogP) is 0.912. The summed E-state index contributed by atoms with van der Waals surface area (Å²) in [7, 11) is 0. The van der Waals surface area contributed by atoms with Gasteiger partial charge in [0.15, 0.2) is 0 Å². The van der Waals surface area contributed by atoms with Crippen molar-refractivity contribution >= 4 is 5.97 Å². The van der Waals surface area contributed by atoms with Gasteiger partial charge in [0.25, 0.3) is 0 Å². The van der Waals surface area contributed by atoms with Crippen LogP contribution in [-0.2, 0) is 4.79 Å². The number of carbonyl (C=O) groups is 1. The smallest absolute Gasteiger partial charge is 0.332 e. The van der Waals surface area contributed by atoms with E-state index in [0.29, 0.717) is 11.6 Å². The van der Waals surface area contributed by atoms with Gasteiger partial charge in [-0.3, -0.25) is 0 Å². The molecule has 2 aliphatic heterocycles. The van der Waals surface area contributed by atoms with Gasteiger partial charge < -0.3 is 10.4 Å². The van der Waals surface area contributed by atoms with Crippen molar-refractivity contribution in [3.8, 4) is 0 Å². The van der Waals surface area contributed by atoms with Crippen LogP contribution in [0.15, 0.2) is 11.6 Å². The number of aliphatic carboxylic acids is 1. The van der Waals surface area contributed by atoms with Gasteiger partial charge >= 0.3 is 5.97 Å². The summed E-state index contributed by atoms with van der Waals surface area (Å²) in [4.78, 5) is 10.8. The van der Waals surface area contributed by atoms with Gasteiger partial charge in [-0.2, -0.15) is 0 Å². The van der Waals surface area contributed by atoms with Crippen molar-refractivity contribution in [1.29, 1.82) is 0 Å². The lowest BCUT2D eigenvalue weighted by molar-refractivity contribution is -0.133. The molecule has 1 fully saturated rings. The first-order valence-corrected chi connectivity index (χ1v) is 4.47. The molecule has 2 rings (SSSR count). The first kappa shape index (κ1) is 7.80. The first-order valence-electron chi connectivity index (χ1n) is 4.47. The molecule has 12 heavy (non-hydrogen) atoms. The number of fused-ring (bicyclic) bond motifs is 2. The second-order valence-corrected chi connectivity index (χ2v) is 3.54. The second-order valence-electron chi connectivity index (χ2n) is 3.54. The Bertz CT molecular complexity index is 235. The second kappa shape index (κ2) is 2.90. The molecule has 0 aromatic carbocycles. The maximum atomic E-state index is 10.8. The molecule has 0 aromatic rings. The van der Waals surface area contributed by atoms with E-state index in [4.69, 9.17) is 5.11 Å². The number of allylic oxidation sites excluding steroid dienone is 1. The third-order valence-electron chi connectivity index (χ3n) is 2.74. The van der Waals surface area contributed by atoms with Crippen LogP contribution in [0, 0.1) is 0 Å². The molecule has 2 aliphatic rings. The number of hydrogen-bond donors (Lipinski definition) is 2. The Kier molecular flexibility index (Phi) is 1.89. The molecule has 2 bridgehead atoms. The van der Waals surface area contributed by atoms with Gasteiger partial charge in [0.1, 0.15) is 0 Å². The van der Waals surface area contributed by atoms with Gasteiger partial charge in [-0.25, -0.2) is 4.79 Å². The van der Waals surface area contributed by atoms with E-state index in [2.05, 4.69) is 5.32 Å². The van der Waals surface area contributed by atoms with Crippen molar-refractivity contribution in [2.45, 2.75) is 37.8 Å². The third-order valence-corrected chi connectivity index (χ3v) is 2.74. The molecule has 2 atom stereocenters. The fraction of sp³-hybridized carbons (Fsp3) is 0.667. The number of nitrogens with one attached hydrogen (secondary N) is 1. The van der Waals surface area contributed by atoms with Crippen molar-refractivity contribution in [3.63, 3.8) is 0 Å². The number of hydrogen-bond acceptors (Lipinski definition) is 2. The Morgan fingerprint density at radius 3 is 3.08 bits per heavy atom. The Morgan fingerprint density at radius 2 is 2.33 bits per heavy atom. The molecule has 0 unspecified atom stereocenters. The maximum absolute atomic E-state index is 10.8. The van der Waals surface area contributed by atoms with Crippen LogP contribution in [0.5, 0.6) is 0 Å². The van der Waals surface area contributed by atoms with Gasteiger partial charge in [-0.05, 0) is 25.7 Å². The Morgan fingerprint density at radius 1 is 1.50 bits per heavy atom. The van der Waals surface area contributed by atoms with Crippen molar-refractivity contribution in [2.75, 3.05) is 0 Å². The largest absolute Gasteiger partial charge is 0.478 e. The van der Waals surface area contributed by atoms with Crippen LogP contribution in [-0.4, -0.2) is 23.2 Å². The first-order chi connectivity index (χ1) is 5.77. The predicted molar refractivity (Wildman–Crippen MR) is 44.9 cm³/mol. The molecule has 0 saturated carbocycles. The average Bonchev–Trinajstić information content (AvgIpc) is 2.30. The minimum atomic E-state index is -0.755. The highest BCUT2D eigenvalue weighted by atomic mass is 16.4. The van der Waals surface area contributed by atoms with Gasteiger partial charge in [-0.15, -0.1) is 0 Å². The van der Waals surface area contributed by atoms with E-state index < -0.39 is 5.97 Å². The number of carboxylic acids is 1.